The van der Waals surface area contributed by atoms with Gasteiger partial charge in [0.15, 0.2) is 0 Å². The van der Waals surface area contributed by atoms with Gasteiger partial charge in [-0.2, -0.15) is 0 Å². The molecule has 4 nitrogen and oxygen atoms in total. The lowest BCUT2D eigenvalue weighted by atomic mass is 10.1. The van der Waals surface area contributed by atoms with Crippen LogP contribution in [-0.2, 0) is 11.3 Å². The molecule has 2 amide bonds. The molecule has 0 radical (unpaired) electrons. The summed E-state index contributed by atoms with van der Waals surface area (Å²) in [6.07, 6.45) is 3.27. The van der Waals surface area contributed by atoms with Crippen LogP contribution in [0.25, 0.3) is 6.08 Å². The molecule has 0 aliphatic carbocycles. The molecule has 0 unspecified atom stereocenters. The summed E-state index contributed by atoms with van der Waals surface area (Å²) in [6, 6.07) is 11.1. The zero-order valence-electron chi connectivity index (χ0n) is 14.2. The minimum absolute atomic E-state index is 0.0978. The molecule has 0 atom stereocenters. The third-order valence-electron chi connectivity index (χ3n) is 3.74. The second kappa shape index (κ2) is 8.54. The van der Waals surface area contributed by atoms with E-state index < -0.39 is 0 Å². The topological polar surface area (TPSA) is 46.6 Å². The Morgan fingerprint density at radius 2 is 1.93 bits per heavy atom. The summed E-state index contributed by atoms with van der Waals surface area (Å²) >= 11 is 4.27. The number of amides is 2. The van der Waals surface area contributed by atoms with E-state index in [0.717, 1.165) is 21.1 Å². The molecule has 138 valence electrons. The van der Waals surface area contributed by atoms with Crippen molar-refractivity contribution in [3.63, 3.8) is 0 Å². The Morgan fingerprint density at radius 1 is 1.19 bits per heavy atom. The van der Waals surface area contributed by atoms with Crippen molar-refractivity contribution in [2.75, 3.05) is 6.61 Å². The Balaban J connectivity index is 1.85. The van der Waals surface area contributed by atoms with E-state index in [1.165, 1.54) is 12.1 Å². The quantitative estimate of drug-likeness (QED) is 0.439. The second-order valence-corrected chi connectivity index (χ2v) is 7.59. The van der Waals surface area contributed by atoms with Gasteiger partial charge in [0, 0.05) is 10.0 Å². The molecule has 0 aromatic heterocycles. The molecule has 1 saturated heterocycles. The highest BCUT2D eigenvalue weighted by atomic mass is 79.9. The summed E-state index contributed by atoms with van der Waals surface area (Å²) in [4.78, 5) is 26.4. The number of carbonyl (C=O) groups excluding carboxylic acids is 2. The largest absolute Gasteiger partial charge is 0.489 e. The fourth-order valence-electron chi connectivity index (χ4n) is 2.46. The highest BCUT2D eigenvalue weighted by Gasteiger charge is 2.35. The smallest absolute Gasteiger partial charge is 0.293 e. The van der Waals surface area contributed by atoms with Crippen LogP contribution in [0.2, 0.25) is 0 Å². The molecule has 2 aromatic rings. The van der Waals surface area contributed by atoms with Crippen LogP contribution in [0.15, 0.2) is 64.5 Å². The predicted molar refractivity (Wildman–Crippen MR) is 108 cm³/mol. The van der Waals surface area contributed by atoms with Gasteiger partial charge in [0.2, 0.25) is 0 Å². The highest BCUT2D eigenvalue weighted by molar-refractivity contribution is 9.10. The van der Waals surface area contributed by atoms with Crippen molar-refractivity contribution in [2.45, 2.75) is 6.54 Å². The molecule has 0 spiro atoms. The third kappa shape index (κ3) is 4.67. The number of benzene rings is 2. The van der Waals surface area contributed by atoms with Crippen LogP contribution < -0.4 is 4.74 Å². The highest BCUT2D eigenvalue weighted by Crippen LogP contribution is 2.35. The maximum absolute atomic E-state index is 13.0. The Hall–Kier alpha value is -2.38. The summed E-state index contributed by atoms with van der Waals surface area (Å²) in [6.45, 7) is 4.05. The Bertz CT molecular complexity index is 927. The monoisotopic (exact) mass is 447 g/mol. The van der Waals surface area contributed by atoms with Crippen LogP contribution in [0.5, 0.6) is 5.75 Å². The molecular weight excluding hydrogens is 433 g/mol. The zero-order valence-corrected chi connectivity index (χ0v) is 16.6. The Morgan fingerprint density at radius 3 is 2.63 bits per heavy atom. The molecule has 0 N–H and O–H groups in total. The molecule has 1 heterocycles. The summed E-state index contributed by atoms with van der Waals surface area (Å²) < 4.78 is 19.5. The molecule has 27 heavy (non-hydrogen) atoms. The number of thioether (sulfide) groups is 1. The molecule has 0 saturated carbocycles. The van der Waals surface area contributed by atoms with Gasteiger partial charge in [0.1, 0.15) is 18.2 Å². The lowest BCUT2D eigenvalue weighted by Crippen LogP contribution is -2.27. The lowest BCUT2D eigenvalue weighted by molar-refractivity contribution is -0.123. The predicted octanol–water partition coefficient (Wildman–Crippen LogP) is 5.39. The van der Waals surface area contributed by atoms with Gasteiger partial charge in [-0.3, -0.25) is 14.5 Å². The SMILES string of the molecule is C=CCOc1ccc(Br)cc1/C=C1\SC(=O)N(Cc2ccc(F)cc2)C1=O. The van der Waals surface area contributed by atoms with Crippen molar-refractivity contribution in [1.82, 2.24) is 4.90 Å². The zero-order chi connectivity index (χ0) is 19.4. The van der Waals surface area contributed by atoms with E-state index in [-0.39, 0.29) is 23.5 Å². The average molecular weight is 448 g/mol. The van der Waals surface area contributed by atoms with Crippen LogP contribution >= 0.6 is 27.7 Å². The van der Waals surface area contributed by atoms with Gasteiger partial charge >= 0.3 is 0 Å². The summed E-state index contributed by atoms with van der Waals surface area (Å²) in [5, 5.41) is -0.362. The fraction of sp³-hybridized carbons (Fsp3) is 0.100. The number of hydrogen-bond donors (Lipinski definition) is 0. The van der Waals surface area contributed by atoms with Gasteiger partial charge in [-0.05, 0) is 53.7 Å². The number of hydrogen-bond acceptors (Lipinski definition) is 4. The van der Waals surface area contributed by atoms with Crippen LogP contribution in [0.1, 0.15) is 11.1 Å². The van der Waals surface area contributed by atoms with Crippen molar-refractivity contribution in [3.05, 3.63) is 81.4 Å². The van der Waals surface area contributed by atoms with Gasteiger partial charge in [-0.25, -0.2) is 4.39 Å². The van der Waals surface area contributed by atoms with E-state index in [4.69, 9.17) is 4.74 Å². The van der Waals surface area contributed by atoms with E-state index in [1.807, 2.05) is 12.1 Å². The first-order chi connectivity index (χ1) is 13.0. The molecule has 1 aliphatic rings. The Kier molecular flexibility index (Phi) is 6.13. The minimum atomic E-state index is -0.385. The number of nitrogens with zero attached hydrogens (tertiary/aromatic N) is 1. The molecule has 3 rings (SSSR count). The normalized spacial score (nSPS) is 15.5. The third-order valence-corrected chi connectivity index (χ3v) is 5.14. The number of ether oxygens (including phenoxy) is 1. The van der Waals surface area contributed by atoms with Gasteiger partial charge in [0.05, 0.1) is 11.4 Å². The molecule has 0 bridgehead atoms. The van der Waals surface area contributed by atoms with Gasteiger partial charge < -0.3 is 4.74 Å². The minimum Gasteiger partial charge on any atom is -0.489 e. The number of halogens is 2. The molecular formula is C20H15BrFNO3S. The first-order valence-corrected chi connectivity index (χ1v) is 9.62. The molecule has 2 aromatic carbocycles. The van der Waals surface area contributed by atoms with Gasteiger partial charge in [-0.15, -0.1) is 0 Å². The molecule has 7 heteroatoms. The van der Waals surface area contributed by atoms with Crippen LogP contribution in [0, 0.1) is 5.82 Å². The van der Waals surface area contributed by atoms with Crippen LogP contribution in [-0.4, -0.2) is 22.7 Å². The Labute approximate surface area is 168 Å². The lowest BCUT2D eigenvalue weighted by Gasteiger charge is -2.12. The van der Waals surface area contributed by atoms with Gasteiger partial charge in [-0.1, -0.05) is 40.7 Å². The van der Waals surface area contributed by atoms with Crippen molar-refractivity contribution in [2.24, 2.45) is 0 Å². The first-order valence-electron chi connectivity index (χ1n) is 8.01. The maximum Gasteiger partial charge on any atom is 0.293 e. The average Bonchev–Trinajstić information content (AvgIpc) is 2.90. The maximum atomic E-state index is 13.0. The van der Waals surface area contributed by atoms with Crippen molar-refractivity contribution in [3.8, 4) is 5.75 Å². The molecule has 1 aliphatic heterocycles. The van der Waals surface area contributed by atoms with Crippen molar-refractivity contribution < 1.29 is 18.7 Å². The number of carbonyl (C=O) groups is 2. The van der Waals surface area contributed by atoms with Crippen LogP contribution in [0.3, 0.4) is 0 Å². The van der Waals surface area contributed by atoms with E-state index in [9.17, 15) is 14.0 Å². The number of rotatable bonds is 6. The summed E-state index contributed by atoms with van der Waals surface area (Å²) in [7, 11) is 0. The van der Waals surface area contributed by atoms with Crippen molar-refractivity contribution >= 4 is 44.9 Å². The van der Waals surface area contributed by atoms with Crippen LogP contribution in [0.4, 0.5) is 9.18 Å². The number of imide groups is 1. The summed E-state index contributed by atoms with van der Waals surface area (Å²) in [5.74, 6) is -0.165. The van der Waals surface area contributed by atoms with E-state index in [2.05, 4.69) is 22.5 Å². The first kappa shape index (κ1) is 19.4. The van der Waals surface area contributed by atoms with E-state index >= 15 is 0 Å². The fourth-order valence-corrected chi connectivity index (χ4v) is 3.67. The standard InChI is InChI=1S/C20H15BrFNO3S/c1-2-9-26-17-8-5-15(21)10-14(17)11-18-19(24)23(20(25)27-18)12-13-3-6-16(22)7-4-13/h2-8,10-11H,1,9,12H2/b18-11-. The van der Waals surface area contributed by atoms with Crippen molar-refractivity contribution in [1.29, 1.82) is 0 Å². The van der Waals surface area contributed by atoms with E-state index in [0.29, 0.717) is 28.4 Å². The molecule has 1 fully saturated rings. The second-order valence-electron chi connectivity index (χ2n) is 5.68. The van der Waals surface area contributed by atoms with E-state index in [1.54, 1.807) is 30.4 Å². The van der Waals surface area contributed by atoms with Gasteiger partial charge in [0.25, 0.3) is 11.1 Å². The summed E-state index contributed by atoms with van der Waals surface area (Å²) in [5.41, 5.74) is 1.36.